The van der Waals surface area contributed by atoms with Crippen LogP contribution >= 0.6 is 23.2 Å². The summed E-state index contributed by atoms with van der Waals surface area (Å²) in [6.07, 6.45) is 1.60. The first-order valence-corrected chi connectivity index (χ1v) is 8.63. The standard InChI is InChI=1S/C18H13Cl2N3O4/c1-2-27-17-14(9-11-3-8-15(19)16(20)10-11)18(24)22(21-17)12-4-6-13(7-5-12)23(25)26/h3-10H,2H2,1H3/b14-9-. The molecule has 0 saturated heterocycles. The normalized spacial score (nSPS) is 15.2. The van der Waals surface area contributed by atoms with Crippen LogP contribution in [-0.4, -0.2) is 23.3 Å². The number of nitrogens with zero attached hydrogens (tertiary/aromatic N) is 3. The first-order chi connectivity index (χ1) is 12.9. The molecule has 0 unspecified atom stereocenters. The van der Waals surface area contributed by atoms with Crippen molar-refractivity contribution in [2.45, 2.75) is 6.92 Å². The van der Waals surface area contributed by atoms with Crippen LogP contribution in [0.4, 0.5) is 11.4 Å². The number of carbonyl (C=O) groups excluding carboxylic acids is 1. The van der Waals surface area contributed by atoms with Gasteiger partial charge in [0.1, 0.15) is 5.57 Å². The van der Waals surface area contributed by atoms with E-state index in [-0.39, 0.29) is 17.2 Å². The molecule has 0 N–H and O–H groups in total. The van der Waals surface area contributed by atoms with Gasteiger partial charge in [-0.2, -0.15) is 5.01 Å². The van der Waals surface area contributed by atoms with Gasteiger partial charge in [-0.15, -0.1) is 5.10 Å². The maximum Gasteiger partial charge on any atom is 0.284 e. The number of non-ortho nitro benzene ring substituents is 1. The first kappa shape index (κ1) is 18.9. The average Bonchev–Trinajstić information content (AvgIpc) is 2.95. The molecule has 2 aromatic rings. The third-order valence-corrected chi connectivity index (χ3v) is 4.42. The number of amides is 1. The van der Waals surface area contributed by atoms with E-state index in [0.29, 0.717) is 27.9 Å². The molecule has 9 heteroatoms. The molecular weight excluding hydrogens is 393 g/mol. The maximum atomic E-state index is 12.8. The van der Waals surface area contributed by atoms with Gasteiger partial charge in [-0.1, -0.05) is 29.3 Å². The summed E-state index contributed by atoms with van der Waals surface area (Å²) in [7, 11) is 0. The third kappa shape index (κ3) is 3.94. The number of hydrogen-bond donors (Lipinski definition) is 0. The van der Waals surface area contributed by atoms with Crippen LogP contribution in [0.5, 0.6) is 0 Å². The Kier molecular flexibility index (Phi) is 5.43. The second kappa shape index (κ2) is 7.77. The summed E-state index contributed by atoms with van der Waals surface area (Å²) >= 11 is 11.9. The summed E-state index contributed by atoms with van der Waals surface area (Å²) in [5.41, 5.74) is 1.21. The number of nitro benzene ring substituents is 1. The zero-order chi connectivity index (χ0) is 19.6. The highest BCUT2D eigenvalue weighted by molar-refractivity contribution is 6.42. The number of hydrogen-bond acceptors (Lipinski definition) is 5. The summed E-state index contributed by atoms with van der Waals surface area (Å²) in [4.78, 5) is 23.1. The molecule has 0 aliphatic carbocycles. The zero-order valence-electron chi connectivity index (χ0n) is 14.1. The van der Waals surface area contributed by atoms with Gasteiger partial charge in [0.2, 0.25) is 5.90 Å². The minimum atomic E-state index is -0.514. The number of rotatable bonds is 4. The Morgan fingerprint density at radius 1 is 1.19 bits per heavy atom. The molecule has 1 aliphatic rings. The number of ether oxygens (including phenoxy) is 1. The van der Waals surface area contributed by atoms with Crippen LogP contribution in [0.15, 0.2) is 53.1 Å². The number of halogens is 2. The van der Waals surface area contributed by atoms with Crippen LogP contribution in [0, 0.1) is 10.1 Å². The SMILES string of the molecule is CCOC1=NN(c2ccc([N+](=O)[O-])cc2)C(=O)/C1=C\c1ccc(Cl)c(Cl)c1. The Labute approximate surface area is 164 Å². The minimum absolute atomic E-state index is 0.0778. The van der Waals surface area contributed by atoms with Gasteiger partial charge < -0.3 is 4.74 Å². The molecule has 0 aromatic heterocycles. The van der Waals surface area contributed by atoms with Gasteiger partial charge in [0.25, 0.3) is 11.6 Å². The first-order valence-electron chi connectivity index (χ1n) is 7.88. The van der Waals surface area contributed by atoms with Crippen molar-refractivity contribution in [2.24, 2.45) is 5.10 Å². The number of benzene rings is 2. The van der Waals surface area contributed by atoms with Crippen molar-refractivity contribution < 1.29 is 14.5 Å². The van der Waals surface area contributed by atoms with Gasteiger partial charge in [-0.25, -0.2) is 0 Å². The number of carbonyl (C=O) groups is 1. The van der Waals surface area contributed by atoms with Crippen molar-refractivity contribution in [3.8, 4) is 0 Å². The molecule has 27 heavy (non-hydrogen) atoms. The van der Waals surface area contributed by atoms with E-state index in [1.54, 1.807) is 31.2 Å². The Morgan fingerprint density at radius 3 is 2.48 bits per heavy atom. The summed E-state index contributed by atoms with van der Waals surface area (Å²) < 4.78 is 5.48. The summed E-state index contributed by atoms with van der Waals surface area (Å²) in [5, 5.41) is 16.9. The van der Waals surface area contributed by atoms with Crippen LogP contribution in [-0.2, 0) is 9.53 Å². The lowest BCUT2D eigenvalue weighted by Crippen LogP contribution is -2.21. The molecule has 1 aliphatic heterocycles. The van der Waals surface area contributed by atoms with Crippen molar-refractivity contribution in [1.29, 1.82) is 0 Å². The van der Waals surface area contributed by atoms with Crippen molar-refractivity contribution in [2.75, 3.05) is 11.6 Å². The smallest absolute Gasteiger partial charge is 0.284 e. The van der Waals surface area contributed by atoms with Crippen LogP contribution in [0.3, 0.4) is 0 Å². The van der Waals surface area contributed by atoms with Gasteiger partial charge in [0, 0.05) is 12.1 Å². The molecule has 0 atom stereocenters. The van der Waals surface area contributed by atoms with Crippen LogP contribution < -0.4 is 5.01 Å². The highest BCUT2D eigenvalue weighted by atomic mass is 35.5. The summed E-state index contributed by atoms with van der Waals surface area (Å²) in [6.45, 7) is 2.09. The van der Waals surface area contributed by atoms with Crippen molar-refractivity contribution in [3.63, 3.8) is 0 Å². The third-order valence-electron chi connectivity index (χ3n) is 3.68. The maximum absolute atomic E-state index is 12.8. The summed E-state index contributed by atoms with van der Waals surface area (Å²) in [6, 6.07) is 10.5. The van der Waals surface area contributed by atoms with Crippen molar-refractivity contribution >= 4 is 52.5 Å². The highest BCUT2D eigenvalue weighted by Crippen LogP contribution is 2.29. The molecule has 1 amide bonds. The average molecular weight is 406 g/mol. The van der Waals surface area contributed by atoms with E-state index < -0.39 is 10.8 Å². The molecule has 0 spiro atoms. The van der Waals surface area contributed by atoms with E-state index in [9.17, 15) is 14.9 Å². The molecular formula is C18H13Cl2N3O4. The van der Waals surface area contributed by atoms with Crippen LogP contribution in [0.1, 0.15) is 12.5 Å². The number of nitro groups is 1. The zero-order valence-corrected chi connectivity index (χ0v) is 15.6. The molecule has 138 valence electrons. The fourth-order valence-electron chi connectivity index (χ4n) is 2.42. The predicted octanol–water partition coefficient (Wildman–Crippen LogP) is 4.68. The van der Waals surface area contributed by atoms with E-state index in [1.165, 1.54) is 24.3 Å². The number of hydrazone groups is 1. The van der Waals surface area contributed by atoms with Crippen molar-refractivity contribution in [3.05, 3.63) is 73.8 Å². The Balaban J connectivity index is 1.97. The van der Waals surface area contributed by atoms with E-state index in [0.717, 1.165) is 5.01 Å². The molecule has 1 heterocycles. The molecule has 0 bridgehead atoms. The van der Waals surface area contributed by atoms with Gasteiger partial charge >= 0.3 is 0 Å². The fourth-order valence-corrected chi connectivity index (χ4v) is 2.73. The quantitative estimate of drug-likeness (QED) is 0.419. The van der Waals surface area contributed by atoms with Gasteiger partial charge in [0.05, 0.1) is 27.3 Å². The summed E-state index contributed by atoms with van der Waals surface area (Å²) in [5.74, 6) is -0.259. The molecule has 0 radical (unpaired) electrons. The monoisotopic (exact) mass is 405 g/mol. The molecule has 7 nitrogen and oxygen atoms in total. The van der Waals surface area contributed by atoms with Crippen LogP contribution in [0.2, 0.25) is 10.0 Å². The predicted molar refractivity (Wildman–Crippen MR) is 104 cm³/mol. The molecule has 3 rings (SSSR count). The van der Waals surface area contributed by atoms with Gasteiger partial charge in [-0.05, 0) is 42.8 Å². The highest BCUT2D eigenvalue weighted by Gasteiger charge is 2.32. The lowest BCUT2D eigenvalue weighted by molar-refractivity contribution is -0.384. The second-order valence-corrected chi connectivity index (χ2v) is 6.27. The molecule has 2 aromatic carbocycles. The van der Waals surface area contributed by atoms with Crippen LogP contribution in [0.25, 0.3) is 6.08 Å². The van der Waals surface area contributed by atoms with E-state index in [2.05, 4.69) is 5.10 Å². The van der Waals surface area contributed by atoms with E-state index in [4.69, 9.17) is 27.9 Å². The largest absolute Gasteiger partial charge is 0.476 e. The van der Waals surface area contributed by atoms with Crippen molar-refractivity contribution in [1.82, 2.24) is 0 Å². The minimum Gasteiger partial charge on any atom is -0.476 e. The van der Waals surface area contributed by atoms with E-state index in [1.807, 2.05) is 0 Å². The molecule has 0 saturated carbocycles. The Bertz CT molecular complexity index is 971. The second-order valence-electron chi connectivity index (χ2n) is 5.46. The fraction of sp³-hybridized carbons (Fsp3) is 0.111. The Hall–Kier alpha value is -2.90. The topological polar surface area (TPSA) is 85.0 Å². The lowest BCUT2D eigenvalue weighted by atomic mass is 10.1. The molecule has 0 fully saturated rings. The lowest BCUT2D eigenvalue weighted by Gasteiger charge is -2.10. The van der Waals surface area contributed by atoms with Gasteiger partial charge in [0.15, 0.2) is 0 Å². The Morgan fingerprint density at radius 2 is 1.89 bits per heavy atom. The van der Waals surface area contributed by atoms with E-state index >= 15 is 0 Å². The number of anilines is 1. The van der Waals surface area contributed by atoms with Gasteiger partial charge in [-0.3, -0.25) is 14.9 Å².